The lowest BCUT2D eigenvalue weighted by Crippen LogP contribution is -2.35. The third-order valence-electron chi connectivity index (χ3n) is 6.01. The van der Waals surface area contributed by atoms with Gasteiger partial charge in [-0.25, -0.2) is 9.37 Å². The van der Waals surface area contributed by atoms with Gasteiger partial charge in [0.15, 0.2) is 11.6 Å². The Morgan fingerprint density at radius 2 is 1.85 bits per heavy atom. The predicted octanol–water partition coefficient (Wildman–Crippen LogP) is 7.32. The average Bonchev–Trinajstić information content (AvgIpc) is 3.41. The molecule has 39 heavy (non-hydrogen) atoms. The summed E-state index contributed by atoms with van der Waals surface area (Å²) in [6.45, 7) is 1.01. The fourth-order valence-corrected chi connectivity index (χ4v) is 4.62. The standard InChI is InChI=1S/C27H22Cl2F4N4O2/c1-14(23-19(28)8-9-20(30)24(23)29)39-22-11-17(12-36-25(22)34)15-4-6-16(7-5-15)26(38)37-13-18(27(31,32)33)21-3-2-10-35-21/h2-12,14,18,35H,13H2,1H3,(H2,34,36)(H,37,38)/t14-,18?/m0/s1. The lowest BCUT2D eigenvalue weighted by Gasteiger charge is -2.20. The first-order valence-electron chi connectivity index (χ1n) is 11.6. The van der Waals surface area contributed by atoms with Crippen molar-refractivity contribution in [2.45, 2.75) is 25.1 Å². The van der Waals surface area contributed by atoms with Crippen molar-refractivity contribution in [2.75, 3.05) is 12.3 Å². The summed E-state index contributed by atoms with van der Waals surface area (Å²) < 4.78 is 60.2. The number of alkyl halides is 3. The van der Waals surface area contributed by atoms with Gasteiger partial charge < -0.3 is 20.8 Å². The first-order valence-corrected chi connectivity index (χ1v) is 12.4. The van der Waals surface area contributed by atoms with Crippen molar-refractivity contribution in [3.05, 3.63) is 99.7 Å². The summed E-state index contributed by atoms with van der Waals surface area (Å²) in [4.78, 5) is 19.2. The summed E-state index contributed by atoms with van der Waals surface area (Å²) in [6, 6.07) is 13.1. The van der Waals surface area contributed by atoms with E-state index in [1.54, 1.807) is 25.1 Å². The smallest absolute Gasteiger partial charge is 0.398 e. The number of carbonyl (C=O) groups is 1. The normalized spacial score (nSPS) is 13.1. The fraction of sp³-hybridized carbons (Fsp3) is 0.185. The number of ether oxygens (including phenoxy) is 1. The zero-order valence-corrected chi connectivity index (χ0v) is 21.8. The molecule has 1 unspecified atom stereocenters. The summed E-state index contributed by atoms with van der Waals surface area (Å²) in [5.41, 5.74) is 7.58. The number of pyridine rings is 1. The Morgan fingerprint density at radius 1 is 1.13 bits per heavy atom. The number of hydrogen-bond acceptors (Lipinski definition) is 4. The van der Waals surface area contributed by atoms with Crippen LogP contribution in [0.2, 0.25) is 10.0 Å². The second-order valence-electron chi connectivity index (χ2n) is 8.63. The van der Waals surface area contributed by atoms with E-state index in [1.165, 1.54) is 42.7 Å². The highest BCUT2D eigenvalue weighted by atomic mass is 35.5. The summed E-state index contributed by atoms with van der Waals surface area (Å²) in [5, 5.41) is 2.40. The molecule has 1 amide bonds. The number of amides is 1. The van der Waals surface area contributed by atoms with Crippen LogP contribution in [-0.4, -0.2) is 28.6 Å². The summed E-state index contributed by atoms with van der Waals surface area (Å²) in [6.07, 6.45) is -2.41. The molecule has 0 saturated heterocycles. The SMILES string of the molecule is C[C@H](Oc1cc(-c2ccc(C(=O)NCC(c3ccc[nH]3)C(F)(F)F)cc2)cnc1N)c1c(Cl)ccc(F)c1Cl. The molecule has 0 aliphatic heterocycles. The number of nitrogens with zero attached hydrogens (tertiary/aromatic N) is 1. The third-order valence-corrected chi connectivity index (χ3v) is 6.72. The van der Waals surface area contributed by atoms with Gasteiger partial charge in [-0.2, -0.15) is 13.2 Å². The van der Waals surface area contributed by atoms with E-state index in [2.05, 4.69) is 15.3 Å². The van der Waals surface area contributed by atoms with Crippen LogP contribution in [0.5, 0.6) is 5.75 Å². The number of H-pyrrole nitrogens is 1. The average molecular weight is 581 g/mol. The number of rotatable bonds is 8. The highest BCUT2D eigenvalue weighted by Gasteiger charge is 2.41. The highest BCUT2D eigenvalue weighted by Crippen LogP contribution is 2.37. The topological polar surface area (TPSA) is 93.0 Å². The number of benzene rings is 2. The zero-order chi connectivity index (χ0) is 28.3. The largest absolute Gasteiger partial charge is 0.482 e. The molecular formula is C27H22Cl2F4N4O2. The molecule has 0 aliphatic carbocycles. The monoisotopic (exact) mass is 580 g/mol. The molecule has 4 N–H and O–H groups in total. The van der Waals surface area contributed by atoms with Crippen LogP contribution in [0.25, 0.3) is 11.1 Å². The van der Waals surface area contributed by atoms with Gasteiger partial charge in [-0.3, -0.25) is 4.79 Å². The maximum atomic E-state index is 14.0. The molecule has 2 aromatic carbocycles. The van der Waals surface area contributed by atoms with Crippen molar-refractivity contribution in [1.29, 1.82) is 0 Å². The number of carbonyl (C=O) groups excluding carboxylic acids is 1. The van der Waals surface area contributed by atoms with Crippen LogP contribution in [0.1, 0.15) is 40.6 Å². The number of aromatic amines is 1. The minimum atomic E-state index is -4.53. The Balaban J connectivity index is 1.48. The summed E-state index contributed by atoms with van der Waals surface area (Å²) in [7, 11) is 0. The van der Waals surface area contributed by atoms with Crippen LogP contribution in [-0.2, 0) is 0 Å². The molecule has 6 nitrogen and oxygen atoms in total. The van der Waals surface area contributed by atoms with Crippen molar-refractivity contribution in [3.8, 4) is 16.9 Å². The second-order valence-corrected chi connectivity index (χ2v) is 9.42. The molecule has 2 atom stereocenters. The number of nitrogens with two attached hydrogens (primary N) is 1. The Kier molecular flexibility index (Phi) is 8.36. The molecule has 0 fully saturated rings. The van der Waals surface area contributed by atoms with E-state index >= 15 is 0 Å². The van der Waals surface area contributed by atoms with Gasteiger partial charge in [0.05, 0.1) is 5.02 Å². The lowest BCUT2D eigenvalue weighted by molar-refractivity contribution is -0.149. The third kappa shape index (κ3) is 6.46. The molecule has 12 heteroatoms. The highest BCUT2D eigenvalue weighted by molar-refractivity contribution is 6.36. The number of aromatic nitrogens is 2. The number of anilines is 1. The van der Waals surface area contributed by atoms with Crippen molar-refractivity contribution in [3.63, 3.8) is 0 Å². The van der Waals surface area contributed by atoms with E-state index < -0.39 is 36.5 Å². The van der Waals surface area contributed by atoms with Crippen molar-refractivity contribution >= 4 is 34.9 Å². The molecule has 0 spiro atoms. The van der Waals surface area contributed by atoms with Crippen LogP contribution in [0.15, 0.2) is 67.0 Å². The van der Waals surface area contributed by atoms with E-state index in [0.717, 1.165) is 6.07 Å². The number of nitrogen functional groups attached to an aromatic ring is 1. The molecule has 2 heterocycles. The van der Waals surface area contributed by atoms with Crippen molar-refractivity contribution in [2.24, 2.45) is 0 Å². The van der Waals surface area contributed by atoms with E-state index in [-0.39, 0.29) is 38.4 Å². The fourth-order valence-electron chi connectivity index (χ4n) is 3.95. The molecule has 0 bridgehead atoms. The number of hydrogen-bond donors (Lipinski definition) is 3. The van der Waals surface area contributed by atoms with Crippen LogP contribution in [0, 0.1) is 5.82 Å². The summed E-state index contributed by atoms with van der Waals surface area (Å²) in [5.74, 6) is -2.89. The Morgan fingerprint density at radius 3 is 2.49 bits per heavy atom. The van der Waals surface area contributed by atoms with Crippen molar-refractivity contribution < 1.29 is 27.1 Å². The van der Waals surface area contributed by atoms with E-state index in [1.807, 2.05) is 0 Å². The van der Waals surface area contributed by atoms with Gasteiger partial charge in [0.25, 0.3) is 5.91 Å². The molecular weight excluding hydrogens is 559 g/mol. The Bertz CT molecular complexity index is 1460. The molecule has 0 radical (unpaired) electrons. The van der Waals surface area contributed by atoms with Gasteiger partial charge in [-0.1, -0.05) is 35.3 Å². The summed E-state index contributed by atoms with van der Waals surface area (Å²) >= 11 is 12.3. The quantitative estimate of drug-likeness (QED) is 0.150. The van der Waals surface area contributed by atoms with Crippen LogP contribution in [0.3, 0.4) is 0 Å². The van der Waals surface area contributed by atoms with Gasteiger partial charge in [-0.05, 0) is 55.0 Å². The molecule has 0 saturated carbocycles. The van der Waals surface area contributed by atoms with E-state index in [4.69, 9.17) is 33.7 Å². The molecule has 204 valence electrons. The Hall–Kier alpha value is -3.76. The van der Waals surface area contributed by atoms with Gasteiger partial charge in [0.1, 0.15) is 17.8 Å². The lowest BCUT2D eigenvalue weighted by atomic mass is 10.0. The Labute approximate surface area is 231 Å². The first-order chi connectivity index (χ1) is 18.5. The van der Waals surface area contributed by atoms with Crippen LogP contribution >= 0.6 is 23.2 Å². The molecule has 2 aromatic heterocycles. The van der Waals surface area contributed by atoms with E-state index in [9.17, 15) is 22.4 Å². The maximum Gasteiger partial charge on any atom is 0.398 e. The van der Waals surface area contributed by atoms with Gasteiger partial charge in [0, 0.05) is 46.3 Å². The van der Waals surface area contributed by atoms with Gasteiger partial charge in [0.2, 0.25) is 0 Å². The van der Waals surface area contributed by atoms with Gasteiger partial charge in [-0.15, -0.1) is 0 Å². The predicted molar refractivity (Wildman–Crippen MR) is 141 cm³/mol. The van der Waals surface area contributed by atoms with Crippen LogP contribution < -0.4 is 15.8 Å². The number of nitrogens with one attached hydrogen (secondary N) is 2. The first kappa shape index (κ1) is 28.3. The molecule has 4 rings (SSSR count). The molecule has 4 aromatic rings. The minimum absolute atomic E-state index is 0.0386. The van der Waals surface area contributed by atoms with Crippen molar-refractivity contribution in [1.82, 2.24) is 15.3 Å². The van der Waals surface area contributed by atoms with Crippen LogP contribution in [0.4, 0.5) is 23.4 Å². The second kappa shape index (κ2) is 11.5. The van der Waals surface area contributed by atoms with Gasteiger partial charge >= 0.3 is 6.18 Å². The maximum absolute atomic E-state index is 14.0. The number of halogens is 6. The zero-order valence-electron chi connectivity index (χ0n) is 20.3. The minimum Gasteiger partial charge on any atom is -0.482 e. The molecule has 0 aliphatic rings. The van der Waals surface area contributed by atoms with E-state index in [0.29, 0.717) is 11.1 Å².